The van der Waals surface area contributed by atoms with Crippen LogP contribution in [0.4, 0.5) is 11.4 Å². The molecule has 42 heavy (non-hydrogen) atoms. The quantitative estimate of drug-likeness (QED) is 0.342. The number of ether oxygens (including phenoxy) is 2. The molecule has 1 fully saturated rings. The topological polar surface area (TPSA) is 105 Å². The lowest BCUT2D eigenvalue weighted by Gasteiger charge is -2.45. The maximum Gasteiger partial charge on any atom is 0.299 e. The Morgan fingerprint density at radius 2 is 1.67 bits per heavy atom. The summed E-state index contributed by atoms with van der Waals surface area (Å²) in [7, 11) is 3.05. The second-order valence-corrected chi connectivity index (χ2v) is 10.9. The zero-order chi connectivity index (χ0) is 29.9. The highest BCUT2D eigenvalue weighted by atomic mass is 35.5. The lowest BCUT2D eigenvalue weighted by molar-refractivity contribution is -0.148. The molecule has 10 heteroatoms. The Kier molecular flexibility index (Phi) is 8.49. The fourth-order valence-electron chi connectivity index (χ4n) is 5.77. The number of amides is 3. The molecule has 1 aliphatic carbocycles. The van der Waals surface area contributed by atoms with Gasteiger partial charge in [-0.05, 0) is 54.8 Å². The number of fused-ring (bicyclic) bond motifs is 1. The summed E-state index contributed by atoms with van der Waals surface area (Å²) in [6.07, 6.45) is 3.26. The van der Waals surface area contributed by atoms with Gasteiger partial charge in [0, 0.05) is 17.6 Å². The first-order valence-electron chi connectivity index (χ1n) is 13.8. The maximum atomic E-state index is 14.3. The first kappa shape index (κ1) is 29.1. The Bertz CT molecular complexity index is 1520. The van der Waals surface area contributed by atoms with Crippen LogP contribution in [0.1, 0.15) is 48.0 Å². The van der Waals surface area contributed by atoms with Crippen molar-refractivity contribution in [3.05, 3.63) is 82.9 Å². The lowest BCUT2D eigenvalue weighted by atomic mass is 9.78. The summed E-state index contributed by atoms with van der Waals surface area (Å²) in [5, 5.41) is 3.56. The van der Waals surface area contributed by atoms with Crippen LogP contribution in [0.3, 0.4) is 0 Å². The summed E-state index contributed by atoms with van der Waals surface area (Å²) in [4.78, 5) is 57.0. The van der Waals surface area contributed by atoms with Crippen molar-refractivity contribution in [2.75, 3.05) is 31.0 Å². The number of methoxy groups -OCH3 is 2. The summed E-state index contributed by atoms with van der Waals surface area (Å²) in [6, 6.07) is 18.8. The molecule has 0 radical (unpaired) electrons. The average Bonchev–Trinajstić information content (AvgIpc) is 3.25. The van der Waals surface area contributed by atoms with E-state index in [1.54, 1.807) is 66.6 Å². The van der Waals surface area contributed by atoms with Crippen molar-refractivity contribution in [2.45, 2.75) is 44.2 Å². The van der Waals surface area contributed by atoms with Gasteiger partial charge in [0.25, 0.3) is 11.7 Å². The molecule has 3 aromatic carbocycles. The molecule has 0 saturated heterocycles. The normalized spacial score (nSPS) is 15.6. The molecule has 0 spiro atoms. The molecule has 9 nitrogen and oxygen atoms in total. The van der Waals surface area contributed by atoms with E-state index in [4.69, 9.17) is 21.1 Å². The molecule has 1 aliphatic heterocycles. The Morgan fingerprint density at radius 3 is 2.36 bits per heavy atom. The molecule has 0 aromatic heterocycles. The summed E-state index contributed by atoms with van der Waals surface area (Å²) >= 11 is 6.13. The molecule has 3 aromatic rings. The molecule has 1 heterocycles. The molecule has 1 N–H and O–H groups in total. The predicted molar refractivity (Wildman–Crippen MR) is 159 cm³/mol. The third-order valence-electron chi connectivity index (χ3n) is 8.00. The fourth-order valence-corrected chi connectivity index (χ4v) is 5.90. The van der Waals surface area contributed by atoms with Gasteiger partial charge in [0.05, 0.1) is 31.2 Å². The van der Waals surface area contributed by atoms with Crippen molar-refractivity contribution < 1.29 is 28.7 Å². The van der Waals surface area contributed by atoms with E-state index in [9.17, 15) is 19.2 Å². The molecule has 3 amide bonds. The Morgan fingerprint density at radius 1 is 0.952 bits per heavy atom. The summed E-state index contributed by atoms with van der Waals surface area (Å²) in [5.74, 6) is -1.22. The molecule has 0 bridgehead atoms. The number of halogens is 1. The number of anilines is 2. The number of hydrogen-bond donors (Lipinski definition) is 1. The van der Waals surface area contributed by atoms with Crippen molar-refractivity contribution in [3.8, 4) is 11.5 Å². The van der Waals surface area contributed by atoms with Crippen LogP contribution in [-0.2, 0) is 20.9 Å². The van der Waals surface area contributed by atoms with Crippen LogP contribution in [-0.4, -0.2) is 54.7 Å². The summed E-state index contributed by atoms with van der Waals surface area (Å²) < 4.78 is 10.8. The highest BCUT2D eigenvalue weighted by Crippen LogP contribution is 2.39. The molecular formula is C32H32ClN3O6. The monoisotopic (exact) mass is 589 g/mol. The summed E-state index contributed by atoms with van der Waals surface area (Å²) in [6.45, 7) is -0.267. The second kappa shape index (κ2) is 12.2. The van der Waals surface area contributed by atoms with Gasteiger partial charge in [0.2, 0.25) is 11.8 Å². The van der Waals surface area contributed by atoms with Crippen molar-refractivity contribution in [3.63, 3.8) is 0 Å². The van der Waals surface area contributed by atoms with Gasteiger partial charge in [-0.1, -0.05) is 55.1 Å². The maximum absolute atomic E-state index is 14.3. The van der Waals surface area contributed by atoms with Gasteiger partial charge in [0.1, 0.15) is 23.6 Å². The highest BCUT2D eigenvalue weighted by Gasteiger charge is 2.48. The number of carbonyl (C=O) groups is 4. The van der Waals surface area contributed by atoms with Crippen LogP contribution in [0, 0.1) is 0 Å². The lowest BCUT2D eigenvalue weighted by Crippen LogP contribution is -2.61. The van der Waals surface area contributed by atoms with Gasteiger partial charge in [0.15, 0.2) is 0 Å². The Hall–Kier alpha value is -4.37. The molecule has 2 aliphatic rings. The van der Waals surface area contributed by atoms with Crippen molar-refractivity contribution in [1.82, 2.24) is 4.90 Å². The molecule has 0 unspecified atom stereocenters. The van der Waals surface area contributed by atoms with Gasteiger partial charge in [-0.15, -0.1) is 0 Å². The first-order valence-corrected chi connectivity index (χ1v) is 14.2. The van der Waals surface area contributed by atoms with E-state index >= 15 is 0 Å². The van der Waals surface area contributed by atoms with Gasteiger partial charge in [-0.25, -0.2) is 0 Å². The van der Waals surface area contributed by atoms with E-state index in [0.717, 1.165) is 24.8 Å². The largest absolute Gasteiger partial charge is 0.497 e. The number of carbonyl (C=O) groups excluding carboxylic acids is 4. The highest BCUT2D eigenvalue weighted by molar-refractivity contribution is 6.52. The van der Waals surface area contributed by atoms with E-state index in [1.165, 1.54) is 12.0 Å². The van der Waals surface area contributed by atoms with Crippen LogP contribution in [0.15, 0.2) is 66.7 Å². The number of para-hydroxylation sites is 1. The first-order chi connectivity index (χ1) is 20.3. The number of rotatable bonds is 9. The molecule has 1 saturated carbocycles. The Labute approximate surface area is 249 Å². The van der Waals surface area contributed by atoms with E-state index in [2.05, 4.69) is 5.32 Å². The third-order valence-corrected chi connectivity index (χ3v) is 8.26. The molecular weight excluding hydrogens is 558 g/mol. The second-order valence-electron chi connectivity index (χ2n) is 10.5. The van der Waals surface area contributed by atoms with Crippen molar-refractivity contribution in [1.29, 1.82) is 0 Å². The van der Waals surface area contributed by atoms with Crippen molar-refractivity contribution >= 4 is 46.5 Å². The average molecular weight is 590 g/mol. The summed E-state index contributed by atoms with van der Waals surface area (Å²) in [5.41, 5.74) is 0.651. The number of benzene rings is 3. The van der Waals surface area contributed by atoms with E-state index < -0.39 is 23.1 Å². The number of ketones is 1. The minimum Gasteiger partial charge on any atom is -0.497 e. The molecule has 0 atom stereocenters. The van der Waals surface area contributed by atoms with Gasteiger partial charge in [-0.2, -0.15) is 0 Å². The van der Waals surface area contributed by atoms with E-state index in [1.807, 2.05) is 12.1 Å². The zero-order valence-corrected chi connectivity index (χ0v) is 24.3. The minimum absolute atomic E-state index is 0.112. The minimum atomic E-state index is -1.22. The van der Waals surface area contributed by atoms with Crippen molar-refractivity contribution in [2.24, 2.45) is 0 Å². The number of hydrogen-bond acceptors (Lipinski definition) is 6. The van der Waals surface area contributed by atoms with Crippen LogP contribution < -0.4 is 19.7 Å². The van der Waals surface area contributed by atoms with E-state index in [0.29, 0.717) is 40.7 Å². The smallest absolute Gasteiger partial charge is 0.299 e. The SMILES string of the molecule is COc1ccc(NC(=O)C2(N(Cc3ccc(Cl)cc3)C(=O)CN3C(=O)C(=O)c4ccccc43)CCCCC2)c(OC)c1. The van der Waals surface area contributed by atoms with Gasteiger partial charge < -0.3 is 19.7 Å². The number of Topliss-reactive ketones (excluding diaryl/α,β-unsaturated/α-hetero) is 1. The molecule has 218 valence electrons. The predicted octanol–water partition coefficient (Wildman–Crippen LogP) is 5.26. The van der Waals surface area contributed by atoms with Crippen LogP contribution in [0.25, 0.3) is 0 Å². The van der Waals surface area contributed by atoms with Crippen LogP contribution >= 0.6 is 11.6 Å². The number of nitrogens with zero attached hydrogens (tertiary/aromatic N) is 2. The number of nitrogens with one attached hydrogen (secondary N) is 1. The van der Waals surface area contributed by atoms with Gasteiger partial charge >= 0.3 is 0 Å². The standard InChI is InChI=1S/C32H32ClN3O6/c1-41-23-14-15-25(27(18-23)42-2)34-31(40)32(16-6-3-7-17-32)36(19-21-10-12-22(33)13-11-21)28(37)20-35-26-9-5-4-8-24(26)29(38)30(35)39/h4-5,8-15,18H,3,6-7,16-17,19-20H2,1-2H3,(H,34,40). The zero-order valence-electron chi connectivity index (χ0n) is 23.5. The fraction of sp³-hybridized carbons (Fsp3) is 0.312. The Balaban J connectivity index is 1.52. The third kappa shape index (κ3) is 5.56. The van der Waals surface area contributed by atoms with Crippen LogP contribution in [0.2, 0.25) is 5.02 Å². The van der Waals surface area contributed by atoms with E-state index in [-0.39, 0.29) is 24.6 Å². The van der Waals surface area contributed by atoms with Gasteiger partial charge in [-0.3, -0.25) is 24.1 Å². The van der Waals surface area contributed by atoms with Crippen LogP contribution in [0.5, 0.6) is 11.5 Å². The molecule has 5 rings (SSSR count).